The summed E-state index contributed by atoms with van der Waals surface area (Å²) in [5.41, 5.74) is 2.99. The maximum absolute atomic E-state index is 12.7. The van der Waals surface area contributed by atoms with Crippen LogP contribution in [0.3, 0.4) is 0 Å². The molecule has 0 unspecified atom stereocenters. The van der Waals surface area contributed by atoms with Crippen molar-refractivity contribution in [3.8, 4) is 22.8 Å². The molecule has 1 aliphatic rings. The maximum atomic E-state index is 12.7. The van der Waals surface area contributed by atoms with Crippen molar-refractivity contribution in [1.82, 2.24) is 9.97 Å². The number of carbonyl (C=O) groups is 1. The Morgan fingerprint density at radius 3 is 2.39 bits per heavy atom. The fourth-order valence-corrected chi connectivity index (χ4v) is 3.67. The highest BCUT2D eigenvalue weighted by Gasteiger charge is 2.14. The van der Waals surface area contributed by atoms with Crippen molar-refractivity contribution < 1.29 is 14.3 Å². The second kappa shape index (κ2) is 9.47. The lowest BCUT2D eigenvalue weighted by molar-refractivity contribution is 0.102. The minimum Gasteiger partial charge on any atom is -0.493 e. The fourth-order valence-electron chi connectivity index (χ4n) is 3.67. The molecule has 1 amide bonds. The minimum atomic E-state index is -0.199. The molecule has 1 aliphatic heterocycles. The van der Waals surface area contributed by atoms with Crippen molar-refractivity contribution >= 4 is 17.5 Å². The van der Waals surface area contributed by atoms with Crippen molar-refractivity contribution in [2.45, 2.75) is 19.3 Å². The second-order valence-corrected chi connectivity index (χ2v) is 7.39. The lowest BCUT2D eigenvalue weighted by Gasteiger charge is -2.26. The number of amides is 1. The normalized spacial score (nSPS) is 13.5. The van der Waals surface area contributed by atoms with Gasteiger partial charge in [-0.2, -0.15) is 0 Å². The van der Waals surface area contributed by atoms with Gasteiger partial charge in [-0.15, -0.1) is 0 Å². The van der Waals surface area contributed by atoms with Crippen LogP contribution in [-0.2, 0) is 0 Å². The summed E-state index contributed by atoms with van der Waals surface area (Å²) in [6.07, 6.45) is 5.42. The number of anilines is 2. The first kappa shape index (κ1) is 20.7. The van der Waals surface area contributed by atoms with Crippen molar-refractivity contribution in [2.75, 3.05) is 37.5 Å². The zero-order chi connectivity index (χ0) is 21.6. The Bertz CT molecular complexity index is 1050. The van der Waals surface area contributed by atoms with E-state index in [2.05, 4.69) is 15.2 Å². The molecule has 1 N–H and O–H groups in total. The zero-order valence-electron chi connectivity index (χ0n) is 17.8. The topological polar surface area (TPSA) is 76.6 Å². The van der Waals surface area contributed by atoms with Crippen LogP contribution in [-0.4, -0.2) is 43.2 Å². The van der Waals surface area contributed by atoms with Gasteiger partial charge in [0.05, 0.1) is 19.9 Å². The minimum absolute atomic E-state index is 0.199. The number of hydrogen-bond acceptors (Lipinski definition) is 6. The molecule has 1 aromatic heterocycles. The standard InChI is InChI=1S/C24H26N4O3/c1-30-21-11-10-19(16-22(21)31-2)26-23(29)18-8-6-17(7-9-18)20-12-13-25-24(27-20)28-14-4-3-5-15-28/h6-13,16H,3-5,14-15H2,1-2H3,(H,26,29). The third-order valence-electron chi connectivity index (χ3n) is 5.37. The molecule has 0 atom stereocenters. The SMILES string of the molecule is COc1ccc(NC(=O)c2ccc(-c3ccnc(N4CCCCC4)n3)cc2)cc1OC. The molecule has 2 heterocycles. The average Bonchev–Trinajstić information content (AvgIpc) is 2.84. The van der Waals surface area contributed by atoms with Crippen LogP contribution in [0.5, 0.6) is 11.5 Å². The van der Waals surface area contributed by atoms with Gasteiger partial charge in [-0.1, -0.05) is 12.1 Å². The van der Waals surface area contributed by atoms with Crippen molar-refractivity contribution in [2.24, 2.45) is 0 Å². The Labute approximate surface area is 182 Å². The average molecular weight is 418 g/mol. The number of rotatable bonds is 6. The first-order valence-corrected chi connectivity index (χ1v) is 10.4. The quantitative estimate of drug-likeness (QED) is 0.639. The van der Waals surface area contributed by atoms with Crippen molar-refractivity contribution in [3.05, 3.63) is 60.3 Å². The summed E-state index contributed by atoms with van der Waals surface area (Å²) in [6, 6.07) is 14.6. The smallest absolute Gasteiger partial charge is 0.255 e. The number of nitrogens with one attached hydrogen (secondary N) is 1. The molecule has 0 saturated carbocycles. The van der Waals surface area contributed by atoms with Crippen LogP contribution in [0.2, 0.25) is 0 Å². The van der Waals surface area contributed by atoms with Crippen LogP contribution in [0.1, 0.15) is 29.6 Å². The summed E-state index contributed by atoms with van der Waals surface area (Å²) in [6.45, 7) is 2.00. The fraction of sp³-hybridized carbons (Fsp3) is 0.292. The molecule has 31 heavy (non-hydrogen) atoms. The lowest BCUT2D eigenvalue weighted by Crippen LogP contribution is -2.30. The first-order valence-electron chi connectivity index (χ1n) is 10.4. The number of ether oxygens (including phenoxy) is 2. The molecule has 1 fully saturated rings. The number of aromatic nitrogens is 2. The summed E-state index contributed by atoms with van der Waals surface area (Å²) in [5, 5.41) is 2.89. The van der Waals surface area contributed by atoms with E-state index < -0.39 is 0 Å². The molecule has 7 nitrogen and oxygen atoms in total. The molecule has 0 spiro atoms. The molecule has 1 saturated heterocycles. The van der Waals surface area contributed by atoms with E-state index in [1.807, 2.05) is 18.2 Å². The van der Waals surface area contributed by atoms with E-state index in [0.717, 1.165) is 30.3 Å². The van der Waals surface area contributed by atoms with Crippen LogP contribution in [0.25, 0.3) is 11.3 Å². The Morgan fingerprint density at radius 2 is 1.68 bits per heavy atom. The summed E-state index contributed by atoms with van der Waals surface area (Å²) in [5.74, 6) is 1.74. The molecule has 7 heteroatoms. The highest BCUT2D eigenvalue weighted by atomic mass is 16.5. The van der Waals surface area contributed by atoms with Gasteiger partial charge in [0.2, 0.25) is 5.95 Å². The molecule has 0 radical (unpaired) electrons. The Morgan fingerprint density at radius 1 is 0.935 bits per heavy atom. The van der Waals surface area contributed by atoms with Gasteiger partial charge in [0.15, 0.2) is 11.5 Å². The van der Waals surface area contributed by atoms with Gasteiger partial charge in [0, 0.05) is 42.2 Å². The van der Waals surface area contributed by atoms with E-state index in [9.17, 15) is 4.79 Å². The number of carbonyl (C=O) groups excluding carboxylic acids is 1. The van der Waals surface area contributed by atoms with E-state index >= 15 is 0 Å². The molecule has 160 valence electrons. The number of piperidine rings is 1. The maximum Gasteiger partial charge on any atom is 0.255 e. The summed E-state index contributed by atoms with van der Waals surface area (Å²) >= 11 is 0. The van der Waals surface area contributed by atoms with E-state index in [1.54, 1.807) is 50.7 Å². The largest absolute Gasteiger partial charge is 0.493 e. The number of nitrogens with zero attached hydrogens (tertiary/aromatic N) is 3. The number of methoxy groups -OCH3 is 2. The third kappa shape index (κ3) is 4.77. The third-order valence-corrected chi connectivity index (χ3v) is 5.37. The van der Waals surface area contributed by atoms with E-state index in [0.29, 0.717) is 22.7 Å². The van der Waals surface area contributed by atoms with Gasteiger partial charge in [-0.25, -0.2) is 9.97 Å². The van der Waals surface area contributed by atoms with Gasteiger partial charge in [-0.3, -0.25) is 4.79 Å². The summed E-state index contributed by atoms with van der Waals surface area (Å²) < 4.78 is 10.5. The van der Waals surface area contributed by atoms with Crippen LogP contribution < -0.4 is 19.7 Å². The number of hydrogen-bond donors (Lipinski definition) is 1. The molecule has 0 aliphatic carbocycles. The molecule has 2 aromatic carbocycles. The second-order valence-electron chi connectivity index (χ2n) is 7.39. The Kier molecular flexibility index (Phi) is 6.31. The predicted octanol–water partition coefficient (Wildman–Crippen LogP) is 4.40. The van der Waals surface area contributed by atoms with E-state index in [-0.39, 0.29) is 5.91 Å². The first-order chi connectivity index (χ1) is 15.2. The number of benzene rings is 2. The van der Waals surface area contributed by atoms with E-state index in [4.69, 9.17) is 14.5 Å². The van der Waals surface area contributed by atoms with Crippen molar-refractivity contribution in [3.63, 3.8) is 0 Å². The lowest BCUT2D eigenvalue weighted by atomic mass is 10.1. The van der Waals surface area contributed by atoms with Gasteiger partial charge < -0.3 is 19.7 Å². The van der Waals surface area contributed by atoms with E-state index in [1.165, 1.54) is 19.3 Å². The summed E-state index contributed by atoms with van der Waals surface area (Å²) in [7, 11) is 3.14. The molecule has 4 rings (SSSR count). The Hall–Kier alpha value is -3.61. The molecule has 3 aromatic rings. The van der Waals surface area contributed by atoms with Crippen LogP contribution in [0.15, 0.2) is 54.7 Å². The Balaban J connectivity index is 1.47. The van der Waals surface area contributed by atoms with Crippen LogP contribution >= 0.6 is 0 Å². The van der Waals surface area contributed by atoms with Crippen molar-refractivity contribution in [1.29, 1.82) is 0 Å². The monoisotopic (exact) mass is 418 g/mol. The molecular weight excluding hydrogens is 392 g/mol. The molecular formula is C24H26N4O3. The molecule has 0 bridgehead atoms. The highest BCUT2D eigenvalue weighted by molar-refractivity contribution is 6.04. The highest BCUT2D eigenvalue weighted by Crippen LogP contribution is 2.30. The van der Waals surface area contributed by atoms with Gasteiger partial charge >= 0.3 is 0 Å². The zero-order valence-corrected chi connectivity index (χ0v) is 17.8. The van der Waals surface area contributed by atoms with Gasteiger partial charge in [-0.05, 0) is 49.6 Å². The van der Waals surface area contributed by atoms with Crippen LogP contribution in [0.4, 0.5) is 11.6 Å². The summed E-state index contributed by atoms with van der Waals surface area (Å²) in [4.78, 5) is 24.1. The predicted molar refractivity (Wildman–Crippen MR) is 121 cm³/mol. The van der Waals surface area contributed by atoms with Gasteiger partial charge in [0.1, 0.15) is 0 Å². The van der Waals surface area contributed by atoms with Gasteiger partial charge in [0.25, 0.3) is 5.91 Å². The van der Waals surface area contributed by atoms with Crippen LogP contribution in [0, 0.1) is 0 Å².